The van der Waals surface area contributed by atoms with Gasteiger partial charge in [-0.3, -0.25) is 5.43 Å². The van der Waals surface area contributed by atoms with Gasteiger partial charge in [0.05, 0.1) is 6.04 Å². The predicted molar refractivity (Wildman–Crippen MR) is 64.6 cm³/mol. The molecule has 0 atom stereocenters. The summed E-state index contributed by atoms with van der Waals surface area (Å²) in [6, 6.07) is 0.488. The highest BCUT2D eigenvalue weighted by atomic mass is 15.4. The van der Waals surface area contributed by atoms with Gasteiger partial charge in [0.2, 0.25) is 5.96 Å². The Hall–Kier alpha value is -0.770. The predicted octanol–water partition coefficient (Wildman–Crippen LogP) is 1.48. The second-order valence-corrected chi connectivity index (χ2v) is 4.11. The Morgan fingerprint density at radius 1 is 1.40 bits per heavy atom. The standard InChI is InChI=1S/C11H24N4/c1-3-9-15(4-2)11(14-12)13-10-7-5-6-8-10/h10H,3-9,12H2,1-2H3,(H,13,14). The molecule has 1 saturated carbocycles. The third-order valence-electron chi connectivity index (χ3n) is 2.93. The summed E-state index contributed by atoms with van der Waals surface area (Å²) in [5.74, 6) is 6.40. The van der Waals surface area contributed by atoms with Crippen LogP contribution in [0.2, 0.25) is 0 Å². The third-order valence-corrected chi connectivity index (χ3v) is 2.93. The molecule has 1 rings (SSSR count). The summed E-state index contributed by atoms with van der Waals surface area (Å²) >= 11 is 0. The Bertz CT molecular complexity index is 197. The molecule has 88 valence electrons. The molecule has 0 spiro atoms. The Balaban J connectivity index is 2.57. The minimum absolute atomic E-state index is 0.488. The Labute approximate surface area is 92.9 Å². The highest BCUT2D eigenvalue weighted by Crippen LogP contribution is 2.21. The Morgan fingerprint density at radius 3 is 2.53 bits per heavy atom. The van der Waals surface area contributed by atoms with E-state index in [1.54, 1.807) is 0 Å². The molecule has 0 aromatic heterocycles. The lowest BCUT2D eigenvalue weighted by Gasteiger charge is -2.24. The van der Waals surface area contributed by atoms with Crippen molar-refractivity contribution < 1.29 is 0 Å². The highest BCUT2D eigenvalue weighted by molar-refractivity contribution is 5.79. The minimum Gasteiger partial charge on any atom is -0.342 e. The first-order chi connectivity index (χ1) is 7.31. The average molecular weight is 212 g/mol. The van der Waals surface area contributed by atoms with Gasteiger partial charge in [0.1, 0.15) is 0 Å². The highest BCUT2D eigenvalue weighted by Gasteiger charge is 2.16. The van der Waals surface area contributed by atoms with Crippen LogP contribution in [0.5, 0.6) is 0 Å². The lowest BCUT2D eigenvalue weighted by molar-refractivity contribution is 0.418. The summed E-state index contributed by atoms with van der Waals surface area (Å²) in [7, 11) is 0. The van der Waals surface area contributed by atoms with E-state index in [1.165, 1.54) is 25.7 Å². The number of aliphatic imine (C=N–C) groups is 1. The first-order valence-corrected chi connectivity index (χ1v) is 6.11. The lowest BCUT2D eigenvalue weighted by atomic mass is 10.3. The van der Waals surface area contributed by atoms with Crippen molar-refractivity contribution in [3.05, 3.63) is 0 Å². The number of guanidine groups is 1. The number of hydrogen-bond acceptors (Lipinski definition) is 2. The quantitative estimate of drug-likeness (QED) is 0.321. The van der Waals surface area contributed by atoms with Crippen LogP contribution in [0, 0.1) is 0 Å². The van der Waals surface area contributed by atoms with Crippen molar-refractivity contribution >= 4 is 5.96 Å². The molecular weight excluding hydrogens is 188 g/mol. The molecule has 0 heterocycles. The summed E-state index contributed by atoms with van der Waals surface area (Å²) in [6.07, 6.45) is 6.18. The molecule has 0 unspecified atom stereocenters. The molecular formula is C11H24N4. The van der Waals surface area contributed by atoms with E-state index in [-0.39, 0.29) is 0 Å². The molecule has 0 saturated heterocycles. The molecule has 4 nitrogen and oxygen atoms in total. The molecule has 0 aliphatic heterocycles. The van der Waals surface area contributed by atoms with Crippen LogP contribution < -0.4 is 11.3 Å². The van der Waals surface area contributed by atoms with Gasteiger partial charge < -0.3 is 4.90 Å². The number of rotatable bonds is 4. The fourth-order valence-electron chi connectivity index (χ4n) is 2.10. The van der Waals surface area contributed by atoms with Crippen LogP contribution in [-0.4, -0.2) is 30.0 Å². The van der Waals surface area contributed by atoms with Crippen LogP contribution in [0.4, 0.5) is 0 Å². The largest absolute Gasteiger partial charge is 0.342 e. The molecule has 0 aromatic carbocycles. The fourth-order valence-corrected chi connectivity index (χ4v) is 2.10. The summed E-state index contributed by atoms with van der Waals surface area (Å²) in [6.45, 7) is 6.29. The zero-order valence-corrected chi connectivity index (χ0v) is 10.00. The monoisotopic (exact) mass is 212 g/mol. The first kappa shape index (κ1) is 12.3. The number of hydrogen-bond donors (Lipinski definition) is 2. The zero-order chi connectivity index (χ0) is 11.1. The molecule has 4 heteroatoms. The smallest absolute Gasteiger partial charge is 0.208 e. The molecule has 0 radical (unpaired) electrons. The molecule has 0 amide bonds. The van der Waals surface area contributed by atoms with Crippen LogP contribution in [0.25, 0.3) is 0 Å². The van der Waals surface area contributed by atoms with Gasteiger partial charge in [-0.2, -0.15) is 0 Å². The van der Waals surface area contributed by atoms with Crippen LogP contribution in [-0.2, 0) is 0 Å². The second kappa shape index (κ2) is 6.67. The van der Waals surface area contributed by atoms with Crippen molar-refractivity contribution in [2.45, 2.75) is 52.0 Å². The molecule has 3 N–H and O–H groups in total. The van der Waals surface area contributed by atoms with E-state index in [4.69, 9.17) is 10.8 Å². The maximum atomic E-state index is 5.54. The van der Waals surface area contributed by atoms with Crippen LogP contribution in [0.15, 0.2) is 4.99 Å². The van der Waals surface area contributed by atoms with Crippen LogP contribution in [0.3, 0.4) is 0 Å². The summed E-state index contributed by atoms with van der Waals surface area (Å²) in [5, 5.41) is 0. The van der Waals surface area contributed by atoms with Crippen LogP contribution >= 0.6 is 0 Å². The minimum atomic E-state index is 0.488. The van der Waals surface area contributed by atoms with Gasteiger partial charge in [-0.25, -0.2) is 10.8 Å². The molecule has 1 aliphatic carbocycles. The van der Waals surface area contributed by atoms with Gasteiger partial charge in [0, 0.05) is 13.1 Å². The Kier molecular flexibility index (Phi) is 5.47. The van der Waals surface area contributed by atoms with Gasteiger partial charge in [0.25, 0.3) is 0 Å². The normalized spacial score (nSPS) is 18.2. The van der Waals surface area contributed by atoms with E-state index in [0.717, 1.165) is 25.5 Å². The van der Waals surface area contributed by atoms with E-state index < -0.39 is 0 Å². The number of nitrogens with zero attached hydrogens (tertiary/aromatic N) is 2. The van der Waals surface area contributed by atoms with Gasteiger partial charge in [-0.05, 0) is 26.2 Å². The zero-order valence-electron chi connectivity index (χ0n) is 10.00. The topological polar surface area (TPSA) is 53.6 Å². The van der Waals surface area contributed by atoms with Crippen molar-refractivity contribution in [1.82, 2.24) is 10.3 Å². The van der Waals surface area contributed by atoms with Gasteiger partial charge in [-0.15, -0.1) is 0 Å². The molecule has 1 aliphatic rings. The molecule has 1 fully saturated rings. The summed E-state index contributed by atoms with van der Waals surface area (Å²) < 4.78 is 0. The lowest BCUT2D eigenvalue weighted by Crippen LogP contribution is -2.45. The molecule has 0 bridgehead atoms. The van der Waals surface area contributed by atoms with Crippen molar-refractivity contribution in [1.29, 1.82) is 0 Å². The van der Waals surface area contributed by atoms with Crippen molar-refractivity contribution in [3.63, 3.8) is 0 Å². The van der Waals surface area contributed by atoms with Gasteiger partial charge >= 0.3 is 0 Å². The molecule has 0 aromatic rings. The van der Waals surface area contributed by atoms with E-state index in [1.807, 2.05) is 0 Å². The van der Waals surface area contributed by atoms with Crippen molar-refractivity contribution in [3.8, 4) is 0 Å². The number of hydrazine groups is 1. The number of nitrogens with two attached hydrogens (primary N) is 1. The number of nitrogens with one attached hydrogen (secondary N) is 1. The third kappa shape index (κ3) is 3.70. The average Bonchev–Trinajstić information content (AvgIpc) is 2.75. The maximum absolute atomic E-state index is 5.54. The first-order valence-electron chi connectivity index (χ1n) is 6.11. The van der Waals surface area contributed by atoms with E-state index >= 15 is 0 Å². The SMILES string of the molecule is CCCN(CC)C(=NC1CCCC1)NN. The second-order valence-electron chi connectivity index (χ2n) is 4.11. The maximum Gasteiger partial charge on any atom is 0.208 e. The van der Waals surface area contributed by atoms with Gasteiger partial charge in [-0.1, -0.05) is 19.8 Å². The fraction of sp³-hybridized carbons (Fsp3) is 0.909. The summed E-state index contributed by atoms with van der Waals surface area (Å²) in [5.41, 5.74) is 2.74. The Morgan fingerprint density at radius 2 is 2.07 bits per heavy atom. The molecule has 15 heavy (non-hydrogen) atoms. The van der Waals surface area contributed by atoms with E-state index in [2.05, 4.69) is 24.2 Å². The van der Waals surface area contributed by atoms with E-state index in [0.29, 0.717) is 6.04 Å². The van der Waals surface area contributed by atoms with E-state index in [9.17, 15) is 0 Å². The van der Waals surface area contributed by atoms with Crippen LogP contribution in [0.1, 0.15) is 46.0 Å². The van der Waals surface area contributed by atoms with Crippen molar-refractivity contribution in [2.75, 3.05) is 13.1 Å². The summed E-state index contributed by atoms with van der Waals surface area (Å²) in [4.78, 5) is 6.90. The van der Waals surface area contributed by atoms with Gasteiger partial charge in [0.15, 0.2) is 0 Å². The van der Waals surface area contributed by atoms with Crippen molar-refractivity contribution in [2.24, 2.45) is 10.8 Å².